The third kappa shape index (κ3) is 4.33. The molecule has 0 radical (unpaired) electrons. The first-order valence-electron chi connectivity index (χ1n) is 8.44. The van der Waals surface area contributed by atoms with Gasteiger partial charge in [0.15, 0.2) is 0 Å². The zero-order valence-corrected chi connectivity index (χ0v) is 17.2. The van der Waals surface area contributed by atoms with E-state index in [0.29, 0.717) is 22.3 Å². The van der Waals surface area contributed by atoms with Crippen molar-refractivity contribution in [3.63, 3.8) is 0 Å². The molecule has 2 aromatic heterocycles. The van der Waals surface area contributed by atoms with Crippen LogP contribution in [0.15, 0.2) is 26.8 Å². The minimum absolute atomic E-state index is 0.173. The largest absolute Gasteiger partial charge is 0.382 e. The number of anilines is 2. The number of pyridine rings is 1. The smallest absolute Gasteiger partial charge is 0.270 e. The molecule has 1 fully saturated rings. The molecule has 11 heteroatoms. The topological polar surface area (TPSA) is 106 Å². The van der Waals surface area contributed by atoms with Gasteiger partial charge >= 0.3 is 0 Å². The summed E-state index contributed by atoms with van der Waals surface area (Å²) in [7, 11) is 1.70. The molecule has 0 amide bonds. The second-order valence-electron chi connectivity index (χ2n) is 6.12. The molecule has 0 aliphatic carbocycles. The molecule has 0 unspecified atom stereocenters. The normalized spacial score (nSPS) is 15.3. The highest BCUT2D eigenvalue weighted by Crippen LogP contribution is 2.36. The van der Waals surface area contributed by atoms with Crippen LogP contribution in [-0.2, 0) is 7.05 Å². The van der Waals surface area contributed by atoms with E-state index in [0.717, 1.165) is 44.5 Å². The molecule has 3 rings (SSSR count). The van der Waals surface area contributed by atoms with Crippen LogP contribution in [-0.4, -0.2) is 58.7 Å². The molecule has 1 aliphatic heterocycles. The number of rotatable bonds is 5. The van der Waals surface area contributed by atoms with Crippen molar-refractivity contribution in [1.82, 2.24) is 19.4 Å². The molecule has 8 nitrogen and oxygen atoms in total. The van der Waals surface area contributed by atoms with Crippen LogP contribution in [0.5, 0.6) is 0 Å². The Morgan fingerprint density at radius 3 is 2.63 bits per heavy atom. The van der Waals surface area contributed by atoms with Gasteiger partial charge in [-0.05, 0) is 6.07 Å². The molecular formula is C16H21Cl2N7OS. The van der Waals surface area contributed by atoms with Gasteiger partial charge in [-0.15, -0.1) is 0 Å². The molecule has 0 bridgehead atoms. The fourth-order valence-electron chi connectivity index (χ4n) is 2.91. The number of aromatic nitrogens is 3. The van der Waals surface area contributed by atoms with Crippen LogP contribution in [0.1, 0.15) is 0 Å². The molecule has 0 aromatic carbocycles. The molecule has 0 saturated carbocycles. The van der Waals surface area contributed by atoms with E-state index in [1.54, 1.807) is 13.1 Å². The summed E-state index contributed by atoms with van der Waals surface area (Å²) in [4.78, 5) is 26.6. The molecule has 4 N–H and O–H groups in total. The molecular weight excluding hydrogens is 409 g/mol. The van der Waals surface area contributed by atoms with Crippen LogP contribution >= 0.6 is 35.0 Å². The van der Waals surface area contributed by atoms with Gasteiger partial charge in [0.2, 0.25) is 5.95 Å². The second-order valence-corrected chi connectivity index (χ2v) is 7.91. The Labute approximate surface area is 171 Å². The summed E-state index contributed by atoms with van der Waals surface area (Å²) in [5, 5.41) is 0.461. The van der Waals surface area contributed by atoms with E-state index in [9.17, 15) is 4.79 Å². The van der Waals surface area contributed by atoms with Gasteiger partial charge < -0.3 is 16.4 Å². The maximum Gasteiger partial charge on any atom is 0.270 e. The lowest BCUT2D eigenvalue weighted by atomic mass is 10.3. The molecule has 3 heterocycles. The second kappa shape index (κ2) is 8.66. The fourth-order valence-corrected chi connectivity index (χ4v) is 4.26. The standard InChI is InChI=1S/C16H21Cl2N7OS/c1-23-15(26)12(27-10-2-4-21-13(18)11(10)17)14(20)22-16(23)25-8-6-24(5-3-19)7-9-25/h2,4H,3,5-9,19-20H2,1H3. The number of nitrogens with zero attached hydrogens (tertiary/aromatic N) is 5. The van der Waals surface area contributed by atoms with Crippen LogP contribution in [0.2, 0.25) is 10.2 Å². The molecule has 0 spiro atoms. The summed E-state index contributed by atoms with van der Waals surface area (Å²) in [5.74, 6) is 0.736. The van der Waals surface area contributed by atoms with Gasteiger partial charge in [0.1, 0.15) is 15.9 Å². The highest BCUT2D eigenvalue weighted by molar-refractivity contribution is 7.99. The lowest BCUT2D eigenvalue weighted by Crippen LogP contribution is -2.49. The van der Waals surface area contributed by atoms with Gasteiger partial charge in [-0.3, -0.25) is 14.3 Å². The first-order chi connectivity index (χ1) is 12.9. The monoisotopic (exact) mass is 429 g/mol. The lowest BCUT2D eigenvalue weighted by molar-refractivity contribution is 0.263. The van der Waals surface area contributed by atoms with Crippen LogP contribution in [0, 0.1) is 0 Å². The van der Waals surface area contributed by atoms with Gasteiger partial charge in [-0.25, -0.2) is 4.98 Å². The summed E-state index contributed by atoms with van der Waals surface area (Å²) in [6.07, 6.45) is 1.53. The Bertz CT molecular complexity index is 884. The van der Waals surface area contributed by atoms with E-state index in [-0.39, 0.29) is 21.6 Å². The summed E-state index contributed by atoms with van der Waals surface area (Å²) in [5.41, 5.74) is 11.5. The SMILES string of the molecule is Cn1c(N2CCN(CCN)CC2)nc(N)c(Sc2ccnc(Cl)c2Cl)c1=O. The zero-order valence-electron chi connectivity index (χ0n) is 14.9. The van der Waals surface area contributed by atoms with Crippen molar-refractivity contribution in [2.24, 2.45) is 12.8 Å². The van der Waals surface area contributed by atoms with Crippen molar-refractivity contribution < 1.29 is 0 Å². The van der Waals surface area contributed by atoms with E-state index < -0.39 is 0 Å². The van der Waals surface area contributed by atoms with Crippen LogP contribution in [0.3, 0.4) is 0 Å². The Morgan fingerprint density at radius 1 is 1.26 bits per heavy atom. The van der Waals surface area contributed by atoms with E-state index in [2.05, 4.69) is 19.8 Å². The summed E-state index contributed by atoms with van der Waals surface area (Å²) in [6.45, 7) is 4.77. The Hall–Kier alpha value is -1.52. The maximum absolute atomic E-state index is 12.9. The number of halogens is 2. The predicted molar refractivity (Wildman–Crippen MR) is 110 cm³/mol. The maximum atomic E-state index is 12.9. The molecule has 2 aromatic rings. The van der Waals surface area contributed by atoms with Gasteiger partial charge in [-0.2, -0.15) is 4.98 Å². The van der Waals surface area contributed by atoms with Crippen LogP contribution in [0.4, 0.5) is 11.8 Å². The zero-order chi connectivity index (χ0) is 19.6. The molecule has 1 saturated heterocycles. The average molecular weight is 430 g/mol. The highest BCUT2D eigenvalue weighted by Gasteiger charge is 2.23. The molecule has 146 valence electrons. The van der Waals surface area contributed by atoms with E-state index in [4.69, 9.17) is 34.7 Å². The van der Waals surface area contributed by atoms with Crippen molar-refractivity contribution in [3.05, 3.63) is 32.8 Å². The number of hydrogen-bond acceptors (Lipinski definition) is 8. The third-order valence-electron chi connectivity index (χ3n) is 4.38. The number of hydrogen-bond donors (Lipinski definition) is 2. The van der Waals surface area contributed by atoms with Crippen molar-refractivity contribution in [1.29, 1.82) is 0 Å². The van der Waals surface area contributed by atoms with Crippen molar-refractivity contribution in [3.8, 4) is 0 Å². The first kappa shape index (κ1) is 20.2. The van der Waals surface area contributed by atoms with Crippen molar-refractivity contribution in [2.75, 3.05) is 49.9 Å². The van der Waals surface area contributed by atoms with Gasteiger partial charge in [0.05, 0.1) is 5.02 Å². The molecule has 27 heavy (non-hydrogen) atoms. The lowest BCUT2D eigenvalue weighted by Gasteiger charge is -2.35. The Kier molecular flexibility index (Phi) is 6.48. The van der Waals surface area contributed by atoms with E-state index >= 15 is 0 Å². The number of nitrogen functional groups attached to an aromatic ring is 1. The number of piperazine rings is 1. The Morgan fingerprint density at radius 2 is 1.96 bits per heavy atom. The first-order valence-corrected chi connectivity index (χ1v) is 10.0. The van der Waals surface area contributed by atoms with Crippen molar-refractivity contribution >= 4 is 46.7 Å². The van der Waals surface area contributed by atoms with Crippen LogP contribution < -0.4 is 21.9 Å². The van der Waals surface area contributed by atoms with Crippen molar-refractivity contribution in [2.45, 2.75) is 9.79 Å². The predicted octanol–water partition coefficient (Wildman–Crippen LogP) is 1.30. The average Bonchev–Trinajstić information content (AvgIpc) is 2.66. The summed E-state index contributed by atoms with van der Waals surface area (Å²) >= 11 is 13.3. The van der Waals surface area contributed by atoms with Crippen LogP contribution in [0.25, 0.3) is 0 Å². The van der Waals surface area contributed by atoms with E-state index in [1.165, 1.54) is 10.8 Å². The van der Waals surface area contributed by atoms with Gasteiger partial charge in [-0.1, -0.05) is 35.0 Å². The third-order valence-corrected chi connectivity index (χ3v) is 6.40. The quantitative estimate of drug-likeness (QED) is 0.684. The van der Waals surface area contributed by atoms with Gasteiger partial charge in [0.25, 0.3) is 5.56 Å². The molecule has 0 atom stereocenters. The summed E-state index contributed by atoms with van der Waals surface area (Å²) < 4.78 is 1.52. The van der Waals surface area contributed by atoms with Gasteiger partial charge in [0, 0.05) is 57.4 Å². The van der Waals surface area contributed by atoms with E-state index in [1.807, 2.05) is 0 Å². The minimum Gasteiger partial charge on any atom is -0.382 e. The minimum atomic E-state index is -0.226. The highest BCUT2D eigenvalue weighted by atomic mass is 35.5. The Balaban J connectivity index is 1.86. The fraction of sp³-hybridized carbons (Fsp3) is 0.438. The summed E-state index contributed by atoms with van der Waals surface area (Å²) in [6, 6.07) is 1.68. The molecule has 1 aliphatic rings. The number of nitrogens with two attached hydrogens (primary N) is 2.